The van der Waals surface area contributed by atoms with E-state index in [1.165, 1.54) is 0 Å². The van der Waals surface area contributed by atoms with Crippen LogP contribution in [-0.2, 0) is 6.42 Å². The highest BCUT2D eigenvalue weighted by Gasteiger charge is 2.24. The Hall–Kier alpha value is -0.860. The van der Waals surface area contributed by atoms with Crippen LogP contribution in [0.25, 0.3) is 0 Å². The van der Waals surface area contributed by atoms with Crippen molar-refractivity contribution >= 4 is 0 Å². The molecule has 2 nitrogen and oxygen atoms in total. The molecule has 0 spiro atoms. The van der Waals surface area contributed by atoms with Gasteiger partial charge in [0.15, 0.2) is 0 Å². The molecule has 0 amide bonds. The maximum atomic E-state index is 10.3. The van der Waals surface area contributed by atoms with E-state index in [0.717, 1.165) is 24.8 Å². The van der Waals surface area contributed by atoms with Gasteiger partial charge < -0.3 is 10.8 Å². The summed E-state index contributed by atoms with van der Waals surface area (Å²) in [5, 5.41) is 10.3. The first-order valence-corrected chi connectivity index (χ1v) is 5.66. The van der Waals surface area contributed by atoms with Crippen molar-refractivity contribution in [2.75, 3.05) is 6.54 Å². The molecule has 15 heavy (non-hydrogen) atoms. The molecule has 0 heterocycles. The lowest BCUT2D eigenvalue weighted by molar-refractivity contribution is 0.0384. The van der Waals surface area contributed by atoms with Gasteiger partial charge in [0.2, 0.25) is 0 Å². The fourth-order valence-electron chi connectivity index (χ4n) is 1.74. The van der Waals surface area contributed by atoms with E-state index >= 15 is 0 Å². The van der Waals surface area contributed by atoms with E-state index in [1.807, 2.05) is 30.3 Å². The van der Waals surface area contributed by atoms with Gasteiger partial charge in [0.1, 0.15) is 0 Å². The Morgan fingerprint density at radius 2 is 1.93 bits per heavy atom. The Kier molecular flexibility index (Phi) is 4.79. The van der Waals surface area contributed by atoms with E-state index in [4.69, 9.17) is 5.73 Å². The smallest absolute Gasteiger partial charge is 0.0809 e. The first-order valence-electron chi connectivity index (χ1n) is 5.66. The lowest BCUT2D eigenvalue weighted by Gasteiger charge is -2.26. The Labute approximate surface area is 92.1 Å². The Morgan fingerprint density at radius 1 is 1.27 bits per heavy atom. The standard InChI is InChI=1S/C13H21NO/c1-2-3-9-13(15,11-14)10-12-7-5-4-6-8-12/h4-8,15H,2-3,9-11,14H2,1H3. The highest BCUT2D eigenvalue weighted by atomic mass is 16.3. The molecule has 0 radical (unpaired) electrons. The van der Waals surface area contributed by atoms with Gasteiger partial charge in [0, 0.05) is 13.0 Å². The summed E-state index contributed by atoms with van der Waals surface area (Å²) in [7, 11) is 0. The van der Waals surface area contributed by atoms with Gasteiger partial charge in [0.25, 0.3) is 0 Å². The van der Waals surface area contributed by atoms with Crippen LogP contribution in [0, 0.1) is 0 Å². The topological polar surface area (TPSA) is 46.2 Å². The molecule has 0 bridgehead atoms. The Morgan fingerprint density at radius 3 is 2.47 bits per heavy atom. The van der Waals surface area contributed by atoms with Crippen LogP contribution in [0.5, 0.6) is 0 Å². The first kappa shape index (κ1) is 12.2. The quantitative estimate of drug-likeness (QED) is 0.750. The first-order chi connectivity index (χ1) is 7.20. The van der Waals surface area contributed by atoms with Gasteiger partial charge in [0.05, 0.1) is 5.60 Å². The molecule has 0 saturated carbocycles. The summed E-state index contributed by atoms with van der Waals surface area (Å²) in [5.41, 5.74) is 6.08. The van der Waals surface area contributed by atoms with Crippen molar-refractivity contribution in [2.24, 2.45) is 5.73 Å². The van der Waals surface area contributed by atoms with Crippen molar-refractivity contribution in [3.8, 4) is 0 Å². The van der Waals surface area contributed by atoms with E-state index in [-0.39, 0.29) is 0 Å². The second-order valence-corrected chi connectivity index (χ2v) is 4.19. The minimum atomic E-state index is -0.725. The molecule has 1 rings (SSSR count). The second kappa shape index (κ2) is 5.89. The molecule has 0 fully saturated rings. The molecule has 3 N–H and O–H groups in total. The van der Waals surface area contributed by atoms with Crippen LogP contribution < -0.4 is 5.73 Å². The lowest BCUT2D eigenvalue weighted by atomic mass is 9.89. The molecule has 84 valence electrons. The van der Waals surface area contributed by atoms with E-state index in [2.05, 4.69) is 6.92 Å². The van der Waals surface area contributed by atoms with Crippen LogP contribution in [0.4, 0.5) is 0 Å². The fraction of sp³-hybridized carbons (Fsp3) is 0.538. The summed E-state index contributed by atoms with van der Waals surface area (Å²) in [5.74, 6) is 0. The molecule has 1 aromatic rings. The van der Waals surface area contributed by atoms with Crippen molar-refractivity contribution in [3.63, 3.8) is 0 Å². The van der Waals surface area contributed by atoms with E-state index in [0.29, 0.717) is 13.0 Å². The van der Waals surface area contributed by atoms with Crippen molar-refractivity contribution in [3.05, 3.63) is 35.9 Å². The normalized spacial score (nSPS) is 14.9. The Balaban J connectivity index is 2.59. The maximum Gasteiger partial charge on any atom is 0.0809 e. The summed E-state index contributed by atoms with van der Waals surface area (Å²) in [6.45, 7) is 2.46. The molecule has 1 aromatic carbocycles. The molecule has 1 atom stereocenters. The van der Waals surface area contributed by atoms with Gasteiger partial charge in [-0.05, 0) is 12.0 Å². The van der Waals surface area contributed by atoms with Gasteiger partial charge in [-0.25, -0.2) is 0 Å². The molecule has 0 saturated heterocycles. The number of unbranched alkanes of at least 4 members (excludes halogenated alkanes) is 1. The van der Waals surface area contributed by atoms with E-state index in [9.17, 15) is 5.11 Å². The number of hydrogen-bond acceptors (Lipinski definition) is 2. The predicted octanol–water partition coefficient (Wildman–Crippen LogP) is 2.11. The van der Waals surface area contributed by atoms with Crippen molar-refractivity contribution in [2.45, 2.75) is 38.2 Å². The number of rotatable bonds is 6. The zero-order valence-electron chi connectivity index (χ0n) is 9.45. The molecular weight excluding hydrogens is 186 g/mol. The van der Waals surface area contributed by atoms with Crippen LogP contribution in [0.3, 0.4) is 0 Å². The third kappa shape index (κ3) is 4.02. The molecule has 0 aliphatic carbocycles. The number of nitrogens with two attached hydrogens (primary N) is 1. The SMILES string of the molecule is CCCCC(O)(CN)Cc1ccccc1. The molecular formula is C13H21NO. The third-order valence-corrected chi connectivity index (χ3v) is 2.75. The van der Waals surface area contributed by atoms with Gasteiger partial charge in [-0.2, -0.15) is 0 Å². The molecule has 0 aromatic heterocycles. The van der Waals surface area contributed by atoms with Crippen LogP contribution in [-0.4, -0.2) is 17.3 Å². The zero-order valence-corrected chi connectivity index (χ0v) is 9.45. The van der Waals surface area contributed by atoms with Gasteiger partial charge in [-0.3, -0.25) is 0 Å². The van der Waals surface area contributed by atoms with Gasteiger partial charge >= 0.3 is 0 Å². The molecule has 1 unspecified atom stereocenters. The van der Waals surface area contributed by atoms with Crippen molar-refractivity contribution in [1.29, 1.82) is 0 Å². The Bertz CT molecular complexity index is 273. The van der Waals surface area contributed by atoms with E-state index in [1.54, 1.807) is 0 Å². The average molecular weight is 207 g/mol. The highest BCUT2D eigenvalue weighted by Crippen LogP contribution is 2.18. The van der Waals surface area contributed by atoms with Gasteiger partial charge in [-0.15, -0.1) is 0 Å². The summed E-state index contributed by atoms with van der Waals surface area (Å²) in [6.07, 6.45) is 3.57. The fourth-order valence-corrected chi connectivity index (χ4v) is 1.74. The monoisotopic (exact) mass is 207 g/mol. The summed E-state index contributed by atoms with van der Waals surface area (Å²) < 4.78 is 0. The number of hydrogen-bond donors (Lipinski definition) is 2. The molecule has 0 aliphatic rings. The largest absolute Gasteiger partial charge is 0.388 e. The minimum Gasteiger partial charge on any atom is -0.388 e. The predicted molar refractivity (Wildman–Crippen MR) is 63.7 cm³/mol. The molecule has 2 heteroatoms. The van der Waals surface area contributed by atoms with Crippen LogP contribution in [0.15, 0.2) is 30.3 Å². The van der Waals surface area contributed by atoms with Crippen LogP contribution in [0.2, 0.25) is 0 Å². The second-order valence-electron chi connectivity index (χ2n) is 4.19. The maximum absolute atomic E-state index is 10.3. The number of aliphatic hydroxyl groups is 1. The average Bonchev–Trinajstić information content (AvgIpc) is 2.28. The van der Waals surface area contributed by atoms with Gasteiger partial charge in [-0.1, -0.05) is 50.1 Å². The van der Waals surface area contributed by atoms with Crippen LogP contribution in [0.1, 0.15) is 31.7 Å². The molecule has 0 aliphatic heterocycles. The minimum absolute atomic E-state index is 0.335. The van der Waals surface area contributed by atoms with Crippen molar-refractivity contribution < 1.29 is 5.11 Å². The third-order valence-electron chi connectivity index (χ3n) is 2.75. The highest BCUT2D eigenvalue weighted by molar-refractivity contribution is 5.17. The van der Waals surface area contributed by atoms with Crippen molar-refractivity contribution in [1.82, 2.24) is 0 Å². The summed E-state index contributed by atoms with van der Waals surface area (Å²) in [6, 6.07) is 10.0. The summed E-state index contributed by atoms with van der Waals surface area (Å²) >= 11 is 0. The summed E-state index contributed by atoms with van der Waals surface area (Å²) in [4.78, 5) is 0. The lowest BCUT2D eigenvalue weighted by Crippen LogP contribution is -2.39. The zero-order chi connectivity index (χ0) is 11.1. The van der Waals surface area contributed by atoms with Crippen LogP contribution >= 0.6 is 0 Å². The van der Waals surface area contributed by atoms with E-state index < -0.39 is 5.60 Å². The number of benzene rings is 1.